The molecule has 2 rings (SSSR count). The Morgan fingerprint density at radius 2 is 1.71 bits per heavy atom. The van der Waals surface area contributed by atoms with E-state index in [2.05, 4.69) is 20.6 Å². The maximum atomic E-state index is 13.2. The number of nitrogens with one attached hydrogen (secondary N) is 2. The maximum Gasteiger partial charge on any atom is 0.433 e. The van der Waals surface area contributed by atoms with Gasteiger partial charge in [-0.25, -0.2) is 9.37 Å². The van der Waals surface area contributed by atoms with Crippen LogP contribution in [0, 0.1) is 5.82 Å². The van der Waals surface area contributed by atoms with Gasteiger partial charge < -0.3 is 10.6 Å². The molecule has 4 nitrogen and oxygen atoms in total. The summed E-state index contributed by atoms with van der Waals surface area (Å²) >= 11 is 5.66. The van der Waals surface area contributed by atoms with Crippen molar-refractivity contribution >= 4 is 29.1 Å². The average molecular weight is 363 g/mol. The molecule has 9 heteroatoms. The number of nitrogens with zero attached hydrogens (tertiary/aromatic N) is 2. The van der Waals surface area contributed by atoms with Crippen molar-refractivity contribution in [3.05, 3.63) is 40.8 Å². The van der Waals surface area contributed by atoms with E-state index in [1.165, 1.54) is 12.1 Å². The van der Waals surface area contributed by atoms with Gasteiger partial charge in [0.05, 0.1) is 5.02 Å². The van der Waals surface area contributed by atoms with Crippen molar-refractivity contribution in [2.24, 2.45) is 0 Å². The fraction of sp³-hybridized carbons (Fsp3) is 0.333. The second-order valence-electron chi connectivity index (χ2n) is 6.09. The Morgan fingerprint density at radius 1 is 1.04 bits per heavy atom. The zero-order valence-electron chi connectivity index (χ0n) is 13.1. The summed E-state index contributed by atoms with van der Waals surface area (Å²) in [7, 11) is 0. The van der Waals surface area contributed by atoms with Gasteiger partial charge in [-0.15, -0.1) is 0 Å². The summed E-state index contributed by atoms with van der Waals surface area (Å²) in [5.74, 6) is -0.893. The van der Waals surface area contributed by atoms with Crippen LogP contribution in [-0.2, 0) is 6.18 Å². The Balaban J connectivity index is 2.40. The molecule has 0 saturated carbocycles. The van der Waals surface area contributed by atoms with Crippen molar-refractivity contribution < 1.29 is 17.6 Å². The number of aromatic nitrogens is 2. The highest BCUT2D eigenvalue weighted by Gasteiger charge is 2.34. The first-order valence-electron chi connectivity index (χ1n) is 6.90. The van der Waals surface area contributed by atoms with E-state index in [0.29, 0.717) is 5.69 Å². The summed E-state index contributed by atoms with van der Waals surface area (Å²) in [5.41, 5.74) is -1.32. The number of hydrogen-bond donors (Lipinski definition) is 2. The third kappa shape index (κ3) is 4.95. The third-order valence-electron chi connectivity index (χ3n) is 2.70. The molecule has 0 aliphatic heterocycles. The lowest BCUT2D eigenvalue weighted by molar-refractivity contribution is -0.141. The Labute approximate surface area is 141 Å². The second kappa shape index (κ2) is 6.43. The first-order chi connectivity index (χ1) is 10.9. The van der Waals surface area contributed by atoms with Gasteiger partial charge in [-0.2, -0.15) is 18.2 Å². The molecule has 0 radical (unpaired) electrons. The van der Waals surface area contributed by atoms with Crippen LogP contribution in [0.3, 0.4) is 0 Å². The molecule has 1 aromatic carbocycles. The second-order valence-corrected chi connectivity index (χ2v) is 6.50. The van der Waals surface area contributed by atoms with E-state index >= 15 is 0 Å². The average Bonchev–Trinajstić information content (AvgIpc) is 2.40. The first kappa shape index (κ1) is 18.3. The highest BCUT2D eigenvalue weighted by molar-refractivity contribution is 6.31. The summed E-state index contributed by atoms with van der Waals surface area (Å²) in [4.78, 5) is 7.50. The van der Waals surface area contributed by atoms with Crippen molar-refractivity contribution in [3.8, 4) is 0 Å². The van der Waals surface area contributed by atoms with Crippen molar-refractivity contribution in [1.82, 2.24) is 9.97 Å². The first-order valence-corrected chi connectivity index (χ1v) is 7.28. The predicted octanol–water partition coefficient (Wildman–Crippen LogP) is 5.24. The van der Waals surface area contributed by atoms with Crippen LogP contribution in [0.2, 0.25) is 5.02 Å². The molecular weight excluding hydrogens is 348 g/mol. The molecule has 0 spiro atoms. The molecule has 130 valence electrons. The van der Waals surface area contributed by atoms with Crippen LogP contribution >= 0.6 is 11.6 Å². The molecular formula is C15H15ClF4N4. The molecule has 24 heavy (non-hydrogen) atoms. The standard InChI is InChI=1S/C15H15ClF4N4/c1-14(2,3)24-13-22-11(15(18,19)20)7-12(23-13)21-8-4-5-10(17)9(16)6-8/h4-7H,1-3H3,(H2,21,22,23,24). The number of benzene rings is 1. The van der Waals surface area contributed by atoms with Crippen LogP contribution < -0.4 is 10.6 Å². The molecule has 0 aliphatic rings. The summed E-state index contributed by atoms with van der Waals surface area (Å²) in [5, 5.41) is 5.31. The molecule has 2 aromatic rings. The van der Waals surface area contributed by atoms with Gasteiger partial charge in [-0.1, -0.05) is 11.6 Å². The number of hydrogen-bond acceptors (Lipinski definition) is 4. The molecule has 1 heterocycles. The van der Waals surface area contributed by atoms with Crippen molar-refractivity contribution in [2.75, 3.05) is 10.6 Å². The highest BCUT2D eigenvalue weighted by Crippen LogP contribution is 2.31. The monoisotopic (exact) mass is 362 g/mol. The van der Waals surface area contributed by atoms with Crippen molar-refractivity contribution in [2.45, 2.75) is 32.5 Å². The molecule has 0 unspecified atom stereocenters. The van der Waals surface area contributed by atoms with E-state index in [-0.39, 0.29) is 16.8 Å². The van der Waals surface area contributed by atoms with Gasteiger partial charge in [-0.05, 0) is 39.0 Å². The van der Waals surface area contributed by atoms with Gasteiger partial charge in [0.1, 0.15) is 11.6 Å². The number of halogens is 5. The Kier molecular flexibility index (Phi) is 4.89. The number of anilines is 3. The van der Waals surface area contributed by atoms with Gasteiger partial charge in [-0.3, -0.25) is 0 Å². The van der Waals surface area contributed by atoms with Gasteiger partial charge in [0.25, 0.3) is 0 Å². The Bertz CT molecular complexity index is 741. The van der Waals surface area contributed by atoms with Gasteiger partial charge in [0.15, 0.2) is 5.69 Å². The molecule has 1 aromatic heterocycles. The molecule has 0 bridgehead atoms. The van der Waals surface area contributed by atoms with Crippen LogP contribution in [0.15, 0.2) is 24.3 Å². The van der Waals surface area contributed by atoms with E-state index in [9.17, 15) is 17.6 Å². The fourth-order valence-electron chi connectivity index (χ4n) is 1.77. The highest BCUT2D eigenvalue weighted by atomic mass is 35.5. The van der Waals surface area contributed by atoms with E-state index in [1.807, 2.05) is 0 Å². The van der Waals surface area contributed by atoms with Crippen LogP contribution in [0.25, 0.3) is 0 Å². The summed E-state index contributed by atoms with van der Waals surface area (Å²) < 4.78 is 52.2. The fourth-order valence-corrected chi connectivity index (χ4v) is 1.95. The van der Waals surface area contributed by atoms with Crippen LogP contribution in [0.1, 0.15) is 26.5 Å². The minimum atomic E-state index is -4.63. The minimum absolute atomic E-state index is 0.0910. The van der Waals surface area contributed by atoms with Gasteiger partial charge in [0, 0.05) is 17.3 Å². The predicted molar refractivity (Wildman–Crippen MR) is 85.1 cm³/mol. The largest absolute Gasteiger partial charge is 0.433 e. The molecule has 0 saturated heterocycles. The molecule has 0 atom stereocenters. The summed E-state index contributed by atoms with van der Waals surface area (Å²) in [6, 6.07) is 4.46. The lowest BCUT2D eigenvalue weighted by Crippen LogP contribution is -2.28. The van der Waals surface area contributed by atoms with Crippen LogP contribution in [-0.4, -0.2) is 15.5 Å². The lowest BCUT2D eigenvalue weighted by Gasteiger charge is -2.21. The molecule has 0 aliphatic carbocycles. The zero-order valence-corrected chi connectivity index (χ0v) is 13.8. The Morgan fingerprint density at radius 3 is 2.25 bits per heavy atom. The third-order valence-corrected chi connectivity index (χ3v) is 2.99. The number of rotatable bonds is 3. The topological polar surface area (TPSA) is 49.8 Å². The normalized spacial score (nSPS) is 12.2. The molecule has 0 fully saturated rings. The van der Waals surface area contributed by atoms with Crippen LogP contribution in [0.4, 0.5) is 35.0 Å². The van der Waals surface area contributed by atoms with E-state index < -0.39 is 23.2 Å². The van der Waals surface area contributed by atoms with E-state index in [0.717, 1.165) is 12.1 Å². The quantitative estimate of drug-likeness (QED) is 0.733. The van der Waals surface area contributed by atoms with Gasteiger partial charge in [0.2, 0.25) is 5.95 Å². The van der Waals surface area contributed by atoms with Crippen LogP contribution in [0.5, 0.6) is 0 Å². The summed E-state index contributed by atoms with van der Waals surface area (Å²) in [6.07, 6.45) is -4.63. The van der Waals surface area contributed by atoms with Crippen molar-refractivity contribution in [1.29, 1.82) is 0 Å². The lowest BCUT2D eigenvalue weighted by atomic mass is 10.1. The SMILES string of the molecule is CC(C)(C)Nc1nc(Nc2ccc(F)c(Cl)c2)cc(C(F)(F)F)n1. The minimum Gasteiger partial charge on any atom is -0.350 e. The molecule has 2 N–H and O–H groups in total. The van der Waals surface area contributed by atoms with E-state index in [4.69, 9.17) is 11.6 Å². The molecule has 0 amide bonds. The zero-order chi connectivity index (χ0) is 18.1. The van der Waals surface area contributed by atoms with E-state index in [1.54, 1.807) is 20.8 Å². The Hall–Kier alpha value is -2.09. The van der Waals surface area contributed by atoms with Crippen molar-refractivity contribution in [3.63, 3.8) is 0 Å². The summed E-state index contributed by atoms with van der Waals surface area (Å²) in [6.45, 7) is 5.30. The number of alkyl halides is 3. The van der Waals surface area contributed by atoms with Gasteiger partial charge >= 0.3 is 6.18 Å². The maximum absolute atomic E-state index is 13.2. The smallest absolute Gasteiger partial charge is 0.350 e.